The Morgan fingerprint density at radius 1 is 0.717 bits per heavy atom. The van der Waals surface area contributed by atoms with Gasteiger partial charge in [-0.15, -0.1) is 0 Å². The molecule has 0 saturated carbocycles. The van der Waals surface area contributed by atoms with E-state index in [1.165, 1.54) is 12.3 Å². The summed E-state index contributed by atoms with van der Waals surface area (Å²) in [5.74, 6) is -7.54. The molecule has 1 aliphatic rings. The molecule has 12 nitrogen and oxygen atoms in total. The Bertz CT molecular complexity index is 1590. The number of nitrogens with one attached hydrogen (secondary N) is 2. The van der Waals surface area contributed by atoms with Crippen LogP contribution in [0.1, 0.15) is 0 Å². The number of anilines is 2. The molecule has 22 heteroatoms. The van der Waals surface area contributed by atoms with E-state index in [4.69, 9.17) is 34.7 Å². The number of aliphatic carboxylic acids is 3. The van der Waals surface area contributed by atoms with E-state index >= 15 is 0 Å². The number of imidazole rings is 1. The fourth-order valence-electron chi connectivity index (χ4n) is 2.99. The average molecular weight is 672 g/mol. The first kappa shape index (κ1) is 36.4. The Kier molecular flexibility index (Phi) is 11.3. The monoisotopic (exact) mass is 672 g/mol. The maximum Gasteiger partial charge on any atom is 0.490 e. The van der Waals surface area contributed by atoms with Crippen LogP contribution in [0.2, 0.25) is 0 Å². The Labute approximate surface area is 247 Å². The van der Waals surface area contributed by atoms with E-state index in [9.17, 15) is 43.9 Å². The SMILES string of the molecule is Fc1cc(-c2nc3c([nH]2)-c2ccncc2Nc2ncccc2-3)ccn1.O=C(O)C(F)(F)F.O=C(O)C(F)(F)F.O=C(O)C(F)(F)F. The van der Waals surface area contributed by atoms with Crippen LogP contribution in [0.3, 0.4) is 0 Å². The summed E-state index contributed by atoms with van der Waals surface area (Å²) in [4.78, 5) is 46.9. The number of pyridine rings is 3. The Morgan fingerprint density at radius 2 is 1.26 bits per heavy atom. The van der Waals surface area contributed by atoms with E-state index in [1.54, 1.807) is 24.7 Å². The predicted octanol–water partition coefficient (Wildman–Crippen LogP) is 5.69. The van der Waals surface area contributed by atoms with Crippen LogP contribution in [0.25, 0.3) is 33.9 Å². The standard InChI is InChI=1S/C18H11FN6.3C2HF3O2/c19-14-8-10(3-7-21-14)17-24-15-11-4-6-20-9-13(11)23-18-12(16(15)25-17)2-1-5-22-18;3*3-2(4,5)1(6)7/h1-9H,(H,22,23)(H,24,25);3*(H,6,7). The molecule has 246 valence electrons. The van der Waals surface area contributed by atoms with E-state index in [2.05, 4.69) is 25.3 Å². The summed E-state index contributed by atoms with van der Waals surface area (Å²) in [5.41, 5.74) is 4.85. The molecule has 5 rings (SSSR count). The van der Waals surface area contributed by atoms with Gasteiger partial charge in [0.2, 0.25) is 5.95 Å². The summed E-state index contributed by atoms with van der Waals surface area (Å²) in [7, 11) is 0. The number of halogens is 10. The van der Waals surface area contributed by atoms with Crippen molar-refractivity contribution in [2.45, 2.75) is 18.5 Å². The first-order valence-electron chi connectivity index (χ1n) is 11.4. The molecule has 5 heterocycles. The van der Waals surface area contributed by atoms with Crippen molar-refractivity contribution in [1.82, 2.24) is 24.9 Å². The molecular formula is C24H14F10N6O6. The van der Waals surface area contributed by atoms with E-state index in [-0.39, 0.29) is 0 Å². The molecule has 0 aromatic carbocycles. The number of rotatable bonds is 1. The van der Waals surface area contributed by atoms with Crippen LogP contribution in [0, 0.1) is 5.95 Å². The molecule has 0 unspecified atom stereocenters. The van der Waals surface area contributed by atoms with Gasteiger partial charge in [0.05, 0.1) is 17.6 Å². The molecule has 0 bridgehead atoms. The van der Waals surface area contributed by atoms with Gasteiger partial charge in [-0.1, -0.05) is 0 Å². The third-order valence-corrected chi connectivity index (χ3v) is 4.84. The lowest BCUT2D eigenvalue weighted by atomic mass is 10.1. The second-order valence-corrected chi connectivity index (χ2v) is 8.03. The summed E-state index contributed by atoms with van der Waals surface area (Å²) >= 11 is 0. The topological polar surface area (TPSA) is 191 Å². The molecule has 4 aromatic heterocycles. The minimum atomic E-state index is -5.08. The normalized spacial score (nSPS) is 11.5. The number of aromatic nitrogens is 5. The molecule has 0 amide bonds. The number of H-pyrrole nitrogens is 1. The number of fused-ring (bicyclic) bond motifs is 5. The first-order valence-corrected chi connectivity index (χ1v) is 11.4. The summed E-state index contributed by atoms with van der Waals surface area (Å²) in [5, 5.41) is 24.7. The minimum absolute atomic E-state index is 0.544. The highest BCUT2D eigenvalue weighted by atomic mass is 19.4. The van der Waals surface area contributed by atoms with Gasteiger partial charge >= 0.3 is 36.4 Å². The molecule has 5 N–H and O–H groups in total. The Morgan fingerprint density at radius 3 is 1.76 bits per heavy atom. The van der Waals surface area contributed by atoms with Crippen LogP contribution >= 0.6 is 0 Å². The van der Waals surface area contributed by atoms with Crippen molar-refractivity contribution in [3.05, 3.63) is 61.1 Å². The highest BCUT2D eigenvalue weighted by Crippen LogP contribution is 2.42. The number of hydrogen-bond acceptors (Lipinski definition) is 8. The zero-order valence-corrected chi connectivity index (χ0v) is 21.8. The van der Waals surface area contributed by atoms with Crippen LogP contribution in [-0.2, 0) is 14.4 Å². The summed E-state index contributed by atoms with van der Waals surface area (Å²) in [6.45, 7) is 0. The number of carboxylic acids is 3. The van der Waals surface area contributed by atoms with Crippen LogP contribution in [0.5, 0.6) is 0 Å². The zero-order chi connectivity index (χ0) is 35.0. The Hall–Kier alpha value is -5.83. The third kappa shape index (κ3) is 10.1. The molecule has 1 aliphatic heterocycles. The number of hydrogen-bond donors (Lipinski definition) is 5. The lowest BCUT2D eigenvalue weighted by molar-refractivity contribution is -0.193. The van der Waals surface area contributed by atoms with Gasteiger partial charge in [-0.05, 0) is 24.3 Å². The van der Waals surface area contributed by atoms with E-state index in [1.807, 2.05) is 18.2 Å². The highest BCUT2D eigenvalue weighted by Gasteiger charge is 2.39. The summed E-state index contributed by atoms with van der Waals surface area (Å²) < 4.78 is 109. The molecule has 0 atom stereocenters. The van der Waals surface area contributed by atoms with Gasteiger partial charge in [0, 0.05) is 41.3 Å². The van der Waals surface area contributed by atoms with Crippen molar-refractivity contribution in [1.29, 1.82) is 0 Å². The molecule has 0 spiro atoms. The Balaban J connectivity index is 0.000000289. The quantitative estimate of drug-likeness (QED) is 0.109. The van der Waals surface area contributed by atoms with Crippen LogP contribution in [0.15, 0.2) is 55.1 Å². The van der Waals surface area contributed by atoms with Crippen molar-refractivity contribution in [3.8, 4) is 33.9 Å². The molecule has 4 aromatic rings. The fourth-order valence-corrected chi connectivity index (χ4v) is 2.99. The average Bonchev–Trinajstić information content (AvgIpc) is 3.33. The van der Waals surface area contributed by atoms with Gasteiger partial charge in [-0.2, -0.15) is 43.9 Å². The third-order valence-electron chi connectivity index (χ3n) is 4.84. The predicted molar refractivity (Wildman–Crippen MR) is 133 cm³/mol. The van der Waals surface area contributed by atoms with Crippen molar-refractivity contribution in [3.63, 3.8) is 0 Å². The summed E-state index contributed by atoms with van der Waals surface area (Å²) in [6.07, 6.45) is -8.64. The van der Waals surface area contributed by atoms with Gasteiger partial charge < -0.3 is 25.6 Å². The van der Waals surface area contributed by atoms with Gasteiger partial charge in [-0.3, -0.25) is 4.98 Å². The fraction of sp³-hybridized carbons (Fsp3) is 0.125. The highest BCUT2D eigenvalue weighted by molar-refractivity contribution is 5.95. The maximum atomic E-state index is 13.5. The van der Waals surface area contributed by atoms with E-state index in [0.29, 0.717) is 17.2 Å². The lowest BCUT2D eigenvalue weighted by Gasteiger charge is -2.07. The van der Waals surface area contributed by atoms with Gasteiger partial charge in [-0.25, -0.2) is 29.3 Å². The van der Waals surface area contributed by atoms with Crippen molar-refractivity contribution < 1.29 is 73.6 Å². The lowest BCUT2D eigenvalue weighted by Crippen LogP contribution is -2.21. The number of carboxylic acid groups (broad SMARTS) is 3. The van der Waals surface area contributed by atoms with Crippen molar-refractivity contribution >= 4 is 29.4 Å². The van der Waals surface area contributed by atoms with Crippen molar-refractivity contribution in [2.75, 3.05) is 5.32 Å². The number of nitrogens with zero attached hydrogens (tertiary/aromatic N) is 4. The number of aromatic amines is 1. The second-order valence-electron chi connectivity index (χ2n) is 8.03. The van der Waals surface area contributed by atoms with Gasteiger partial charge in [0.1, 0.15) is 17.3 Å². The maximum absolute atomic E-state index is 13.5. The number of carbonyl (C=O) groups is 3. The largest absolute Gasteiger partial charge is 0.490 e. The molecule has 0 radical (unpaired) electrons. The molecular weight excluding hydrogens is 658 g/mol. The van der Waals surface area contributed by atoms with Crippen LogP contribution in [-0.4, -0.2) is 76.7 Å². The molecule has 0 fully saturated rings. The van der Waals surface area contributed by atoms with E-state index < -0.39 is 42.4 Å². The number of alkyl halides is 9. The summed E-state index contributed by atoms with van der Waals surface area (Å²) in [6, 6.07) is 8.79. The minimum Gasteiger partial charge on any atom is -0.475 e. The van der Waals surface area contributed by atoms with Gasteiger partial charge in [0.25, 0.3) is 0 Å². The van der Waals surface area contributed by atoms with Crippen LogP contribution < -0.4 is 5.32 Å². The second kappa shape index (κ2) is 14.3. The molecule has 0 saturated heterocycles. The molecule has 46 heavy (non-hydrogen) atoms. The smallest absolute Gasteiger partial charge is 0.475 e. The van der Waals surface area contributed by atoms with Crippen molar-refractivity contribution in [2.24, 2.45) is 0 Å². The first-order chi connectivity index (χ1) is 21.1. The zero-order valence-electron chi connectivity index (χ0n) is 21.8. The van der Waals surface area contributed by atoms with Gasteiger partial charge in [0.15, 0.2) is 0 Å². The van der Waals surface area contributed by atoms with Crippen LogP contribution in [0.4, 0.5) is 55.4 Å². The van der Waals surface area contributed by atoms with E-state index in [0.717, 1.165) is 28.2 Å². The molecule has 0 aliphatic carbocycles.